The monoisotopic (exact) mass is 1430 g/mol. The summed E-state index contributed by atoms with van der Waals surface area (Å²) in [6.07, 6.45) is 61.1. The standard InChI is InChI=1S/C86H144N2O14/c1-7-13-19-25-31-37-43-49-55-61-95-79-67-73(68-80(96-62-56-50-44-38-32-26-20-14-8-2)83(79)99-65-59-53-47-41-35-29-23-17-11-5)85(89)101-77-71-75(87(91)92)76(88(93)94)72-78(77)102-86(90)74-69-81(97-63-57-51-45-39-33-27-21-15-9-3)84(100-66-60-54-48-42-36-30-24-18-12-6)82(70-74)98-64-58-52-46-40-34-28-22-16-10-4/h67-72H,7-66H2,1-6H3. The van der Waals surface area contributed by atoms with Gasteiger partial charge in [-0.15, -0.1) is 0 Å². The van der Waals surface area contributed by atoms with Gasteiger partial charge in [-0.2, -0.15) is 0 Å². The lowest BCUT2D eigenvalue weighted by Gasteiger charge is -2.19. The molecular weight excluding hydrogens is 1280 g/mol. The summed E-state index contributed by atoms with van der Waals surface area (Å²) in [5.41, 5.74) is -2.00. The number of unbranched alkanes of at least 4 members (excludes halogenated alkanes) is 48. The van der Waals surface area contributed by atoms with Crippen LogP contribution in [0, 0.1) is 20.2 Å². The molecule has 0 bridgehead atoms. The van der Waals surface area contributed by atoms with Crippen molar-refractivity contribution in [2.45, 2.75) is 388 Å². The van der Waals surface area contributed by atoms with Gasteiger partial charge in [0.25, 0.3) is 0 Å². The van der Waals surface area contributed by atoms with Gasteiger partial charge in [0.05, 0.1) is 72.7 Å². The van der Waals surface area contributed by atoms with Gasteiger partial charge in [-0.1, -0.05) is 350 Å². The summed E-state index contributed by atoms with van der Waals surface area (Å²) in [5, 5.41) is 25.3. The van der Waals surface area contributed by atoms with Crippen molar-refractivity contribution in [2.75, 3.05) is 39.6 Å². The summed E-state index contributed by atoms with van der Waals surface area (Å²) in [7, 11) is 0. The molecule has 3 aromatic rings. The van der Waals surface area contributed by atoms with Gasteiger partial charge in [0.1, 0.15) is 0 Å². The number of carbonyl (C=O) groups excluding carboxylic acids is 2. The third-order valence-electron chi connectivity index (χ3n) is 19.4. The van der Waals surface area contributed by atoms with Crippen LogP contribution in [-0.4, -0.2) is 61.4 Å². The average molecular weight is 1430 g/mol. The minimum absolute atomic E-state index is 0.0339. The van der Waals surface area contributed by atoms with Crippen LogP contribution in [0.2, 0.25) is 0 Å². The van der Waals surface area contributed by atoms with E-state index in [0.717, 1.165) is 153 Å². The third kappa shape index (κ3) is 42.8. The maximum absolute atomic E-state index is 14.9. The van der Waals surface area contributed by atoms with Gasteiger partial charge >= 0.3 is 23.3 Å². The molecule has 582 valence electrons. The molecule has 0 aromatic heterocycles. The van der Waals surface area contributed by atoms with Crippen molar-refractivity contribution in [3.8, 4) is 46.0 Å². The molecular formula is C86H144N2O14. The Kier molecular flexibility index (Phi) is 55.5. The van der Waals surface area contributed by atoms with E-state index in [1.54, 1.807) is 0 Å². The molecule has 0 fully saturated rings. The average Bonchev–Trinajstić information content (AvgIpc) is 0.759. The second-order valence-electron chi connectivity index (χ2n) is 28.7. The van der Waals surface area contributed by atoms with Crippen molar-refractivity contribution in [1.82, 2.24) is 0 Å². The number of nitrogens with zero attached hydrogens (tertiary/aromatic N) is 2. The molecule has 0 saturated carbocycles. The zero-order valence-electron chi connectivity index (χ0n) is 65.5. The maximum Gasteiger partial charge on any atom is 0.350 e. The molecule has 0 atom stereocenters. The third-order valence-corrected chi connectivity index (χ3v) is 19.4. The number of carbonyl (C=O) groups is 2. The van der Waals surface area contributed by atoms with Gasteiger partial charge in [0.15, 0.2) is 34.5 Å². The number of benzene rings is 3. The number of hydrogen-bond donors (Lipinski definition) is 0. The minimum atomic E-state index is -1.00. The number of rotatable bonds is 72. The van der Waals surface area contributed by atoms with Crippen LogP contribution in [0.3, 0.4) is 0 Å². The van der Waals surface area contributed by atoms with E-state index in [1.165, 1.54) is 230 Å². The Morgan fingerprint density at radius 3 is 0.588 bits per heavy atom. The highest BCUT2D eigenvalue weighted by atomic mass is 16.6. The first-order valence-electron chi connectivity index (χ1n) is 42.1. The topological polar surface area (TPSA) is 194 Å². The number of nitro groups is 2. The summed E-state index contributed by atoms with van der Waals surface area (Å²) >= 11 is 0. The van der Waals surface area contributed by atoms with Crippen LogP contribution in [0.5, 0.6) is 46.0 Å². The van der Waals surface area contributed by atoms with Crippen LogP contribution in [0.25, 0.3) is 0 Å². The number of ether oxygens (including phenoxy) is 8. The fourth-order valence-corrected chi connectivity index (χ4v) is 13.0. The molecule has 0 unspecified atom stereocenters. The SMILES string of the molecule is CCCCCCCCCCCOc1cc(C(=O)Oc2cc([N+](=O)[O-])c([N+](=O)[O-])cc2OC(=O)c2cc(OCCCCCCCCCCC)c(OCCCCCCCCCCC)c(OCCCCCCCCCCC)c2)cc(OCCCCCCCCCCC)c1OCCCCCCCCCCC. The van der Waals surface area contributed by atoms with E-state index in [-0.39, 0.29) is 34.1 Å². The Morgan fingerprint density at radius 1 is 0.245 bits per heavy atom. The van der Waals surface area contributed by atoms with E-state index in [1.807, 2.05) is 0 Å². The Bertz CT molecular complexity index is 2350. The Balaban J connectivity index is 2.12. The second-order valence-corrected chi connectivity index (χ2v) is 28.7. The zero-order chi connectivity index (χ0) is 73.6. The molecule has 0 amide bonds. The van der Waals surface area contributed by atoms with Crippen molar-refractivity contribution in [3.63, 3.8) is 0 Å². The van der Waals surface area contributed by atoms with Gasteiger partial charge in [0.2, 0.25) is 11.5 Å². The Hall–Kier alpha value is -5.80. The minimum Gasteiger partial charge on any atom is -0.490 e. The molecule has 0 spiro atoms. The van der Waals surface area contributed by atoms with Gasteiger partial charge in [0, 0.05) is 0 Å². The van der Waals surface area contributed by atoms with Crippen molar-refractivity contribution in [1.29, 1.82) is 0 Å². The predicted molar refractivity (Wildman–Crippen MR) is 419 cm³/mol. The van der Waals surface area contributed by atoms with E-state index < -0.39 is 44.7 Å². The normalized spacial score (nSPS) is 11.3. The van der Waals surface area contributed by atoms with Gasteiger partial charge < -0.3 is 37.9 Å². The summed E-state index contributed by atoms with van der Waals surface area (Å²) in [5.74, 6) is -1.27. The smallest absolute Gasteiger partial charge is 0.350 e. The molecule has 3 aromatic carbocycles. The lowest BCUT2D eigenvalue weighted by atomic mass is 10.1. The summed E-state index contributed by atoms with van der Waals surface area (Å²) < 4.78 is 51.6. The van der Waals surface area contributed by atoms with Crippen LogP contribution >= 0.6 is 0 Å². The number of hydrogen-bond acceptors (Lipinski definition) is 14. The van der Waals surface area contributed by atoms with E-state index in [4.69, 9.17) is 37.9 Å². The first-order valence-corrected chi connectivity index (χ1v) is 42.1. The molecule has 0 aliphatic rings. The van der Waals surface area contributed by atoms with Crippen LogP contribution in [0.15, 0.2) is 36.4 Å². The fourth-order valence-electron chi connectivity index (χ4n) is 13.0. The first-order chi connectivity index (χ1) is 50.0. The number of esters is 2. The summed E-state index contributed by atoms with van der Waals surface area (Å²) in [6.45, 7) is 15.6. The lowest BCUT2D eigenvalue weighted by Crippen LogP contribution is -2.15. The molecule has 16 heteroatoms. The first kappa shape index (κ1) is 90.4. The molecule has 0 aliphatic carbocycles. The van der Waals surface area contributed by atoms with E-state index >= 15 is 0 Å². The van der Waals surface area contributed by atoms with E-state index in [0.29, 0.717) is 51.1 Å². The van der Waals surface area contributed by atoms with Crippen LogP contribution in [-0.2, 0) is 0 Å². The molecule has 102 heavy (non-hydrogen) atoms. The summed E-state index contributed by atoms with van der Waals surface area (Å²) in [6, 6.07) is 7.64. The van der Waals surface area contributed by atoms with Crippen LogP contribution in [0.4, 0.5) is 11.4 Å². The van der Waals surface area contributed by atoms with Gasteiger partial charge in [-0.3, -0.25) is 20.2 Å². The molecule has 0 saturated heterocycles. The highest BCUT2D eigenvalue weighted by Gasteiger charge is 2.32. The van der Waals surface area contributed by atoms with Crippen LogP contribution in [0.1, 0.15) is 409 Å². The Morgan fingerprint density at radius 2 is 0.412 bits per heavy atom. The molecule has 0 heterocycles. The summed E-state index contributed by atoms with van der Waals surface area (Å²) in [4.78, 5) is 53.3. The van der Waals surface area contributed by atoms with Gasteiger partial charge in [-0.05, 0) is 62.8 Å². The Labute approximate surface area is 619 Å². The van der Waals surface area contributed by atoms with Crippen LogP contribution < -0.4 is 37.9 Å². The lowest BCUT2D eigenvalue weighted by molar-refractivity contribution is -0.422. The van der Waals surface area contributed by atoms with Crippen molar-refractivity contribution >= 4 is 23.3 Å². The highest BCUT2D eigenvalue weighted by Crippen LogP contribution is 2.44. The van der Waals surface area contributed by atoms with Crippen molar-refractivity contribution in [3.05, 3.63) is 67.8 Å². The molecule has 0 aliphatic heterocycles. The molecule has 16 nitrogen and oxygen atoms in total. The molecule has 3 rings (SSSR count). The molecule has 0 N–H and O–H groups in total. The van der Waals surface area contributed by atoms with E-state index in [2.05, 4.69) is 41.5 Å². The zero-order valence-corrected chi connectivity index (χ0v) is 65.5. The fraction of sp³-hybridized carbons (Fsp3) is 0.767. The maximum atomic E-state index is 14.9. The van der Waals surface area contributed by atoms with Crippen molar-refractivity contribution in [2.24, 2.45) is 0 Å². The highest BCUT2D eigenvalue weighted by molar-refractivity contribution is 5.95. The predicted octanol–water partition coefficient (Wildman–Crippen LogP) is 27.4. The van der Waals surface area contributed by atoms with E-state index in [9.17, 15) is 29.8 Å². The molecule has 0 radical (unpaired) electrons. The quantitative estimate of drug-likeness (QED) is 0.0170. The second kappa shape index (κ2) is 62.6. The largest absolute Gasteiger partial charge is 0.490 e. The number of nitro benzene ring substituents is 2. The van der Waals surface area contributed by atoms with Crippen molar-refractivity contribution < 1.29 is 57.3 Å². The van der Waals surface area contributed by atoms with Gasteiger partial charge in [-0.25, -0.2) is 9.59 Å².